The Morgan fingerprint density at radius 3 is 2.59 bits per heavy atom. The molecule has 0 spiro atoms. The monoisotopic (exact) mass is 237 g/mol. The van der Waals surface area contributed by atoms with Crippen LogP contribution in [0.1, 0.15) is 37.7 Å². The van der Waals surface area contributed by atoms with Crippen LogP contribution in [-0.4, -0.2) is 37.2 Å². The van der Waals surface area contributed by atoms with E-state index in [0.717, 1.165) is 30.3 Å². The molecule has 0 saturated carbocycles. The number of hydrogen-bond acceptors (Lipinski definition) is 3. The second kappa shape index (κ2) is 6.55. The number of aromatic nitrogens is 2. The highest BCUT2D eigenvalue weighted by Gasteiger charge is 2.05. The zero-order valence-corrected chi connectivity index (χ0v) is 11.7. The minimum absolute atomic E-state index is 0.377. The standard InChI is InChI=1S/C13H24N4/c1-10(2)13-15-11(3)9-12(16-13)14-7-6-8-17(4)5/h9-10H,6-8H2,1-5H3,(H,14,15,16)/p+1. The van der Waals surface area contributed by atoms with Crippen molar-refractivity contribution < 1.29 is 4.90 Å². The van der Waals surface area contributed by atoms with E-state index in [0.29, 0.717) is 5.92 Å². The number of nitrogens with zero attached hydrogens (tertiary/aromatic N) is 2. The summed E-state index contributed by atoms with van der Waals surface area (Å²) in [5.41, 5.74) is 1.03. The first-order valence-electron chi connectivity index (χ1n) is 6.37. The minimum Gasteiger partial charge on any atom is -0.370 e. The van der Waals surface area contributed by atoms with Crippen LogP contribution in [0.2, 0.25) is 0 Å². The van der Waals surface area contributed by atoms with Crippen molar-refractivity contribution >= 4 is 5.82 Å². The molecule has 0 fully saturated rings. The molecule has 0 radical (unpaired) electrons. The van der Waals surface area contributed by atoms with Gasteiger partial charge in [0.15, 0.2) is 0 Å². The largest absolute Gasteiger partial charge is 0.370 e. The number of hydrogen-bond donors (Lipinski definition) is 2. The van der Waals surface area contributed by atoms with Crippen LogP contribution in [0.25, 0.3) is 0 Å². The molecule has 2 N–H and O–H groups in total. The zero-order valence-electron chi connectivity index (χ0n) is 11.7. The Bertz CT molecular complexity index is 347. The van der Waals surface area contributed by atoms with Crippen LogP contribution in [0.3, 0.4) is 0 Å². The van der Waals surface area contributed by atoms with E-state index in [1.807, 2.05) is 13.0 Å². The molecule has 1 aromatic rings. The average Bonchev–Trinajstić information content (AvgIpc) is 2.23. The van der Waals surface area contributed by atoms with Crippen molar-refractivity contribution in [1.29, 1.82) is 0 Å². The summed E-state index contributed by atoms with van der Waals surface area (Å²) in [6.45, 7) is 8.40. The van der Waals surface area contributed by atoms with Gasteiger partial charge in [0.25, 0.3) is 0 Å². The summed E-state index contributed by atoms with van der Waals surface area (Å²) in [7, 11) is 4.34. The van der Waals surface area contributed by atoms with E-state index in [1.54, 1.807) is 0 Å². The molecule has 4 heteroatoms. The summed E-state index contributed by atoms with van der Waals surface area (Å²) in [6.07, 6.45) is 1.16. The molecule has 0 bridgehead atoms. The van der Waals surface area contributed by atoms with Gasteiger partial charge in [0.1, 0.15) is 11.6 Å². The normalized spacial score (nSPS) is 11.2. The fourth-order valence-electron chi connectivity index (χ4n) is 1.60. The Labute approximate surface area is 104 Å². The van der Waals surface area contributed by atoms with Crippen LogP contribution >= 0.6 is 0 Å². The van der Waals surface area contributed by atoms with E-state index in [4.69, 9.17) is 0 Å². The van der Waals surface area contributed by atoms with Crippen molar-refractivity contribution in [1.82, 2.24) is 9.97 Å². The van der Waals surface area contributed by atoms with Gasteiger partial charge in [-0.05, 0) is 6.92 Å². The highest BCUT2D eigenvalue weighted by molar-refractivity contribution is 5.36. The van der Waals surface area contributed by atoms with Crippen LogP contribution in [0.5, 0.6) is 0 Å². The molecule has 1 heterocycles. The lowest BCUT2D eigenvalue weighted by atomic mass is 10.2. The van der Waals surface area contributed by atoms with Gasteiger partial charge in [-0.3, -0.25) is 0 Å². The van der Waals surface area contributed by atoms with E-state index in [2.05, 4.69) is 43.2 Å². The second-order valence-electron chi connectivity index (χ2n) is 5.14. The molecule has 0 saturated heterocycles. The predicted molar refractivity (Wildman–Crippen MR) is 71.6 cm³/mol. The molecule has 96 valence electrons. The number of nitrogens with one attached hydrogen (secondary N) is 2. The highest BCUT2D eigenvalue weighted by Crippen LogP contribution is 2.13. The fraction of sp³-hybridized carbons (Fsp3) is 0.692. The predicted octanol–water partition coefficient (Wildman–Crippen LogP) is 0.855. The molecule has 0 aliphatic carbocycles. The molecule has 17 heavy (non-hydrogen) atoms. The Morgan fingerprint density at radius 1 is 1.29 bits per heavy atom. The van der Waals surface area contributed by atoms with Crippen molar-refractivity contribution in [3.05, 3.63) is 17.6 Å². The molecule has 0 aliphatic heterocycles. The van der Waals surface area contributed by atoms with Gasteiger partial charge in [0, 0.05) is 30.6 Å². The Balaban J connectivity index is 2.53. The summed E-state index contributed by atoms with van der Waals surface area (Å²) >= 11 is 0. The van der Waals surface area contributed by atoms with Gasteiger partial charge >= 0.3 is 0 Å². The minimum atomic E-state index is 0.377. The summed E-state index contributed by atoms with van der Waals surface area (Å²) in [4.78, 5) is 10.4. The van der Waals surface area contributed by atoms with Gasteiger partial charge in [0.05, 0.1) is 20.6 Å². The lowest BCUT2D eigenvalue weighted by molar-refractivity contribution is -0.858. The maximum Gasteiger partial charge on any atom is 0.133 e. The Kier molecular flexibility index (Phi) is 5.35. The summed E-state index contributed by atoms with van der Waals surface area (Å²) in [6, 6.07) is 2.01. The lowest BCUT2D eigenvalue weighted by Crippen LogP contribution is -3.05. The van der Waals surface area contributed by atoms with Crippen molar-refractivity contribution in [2.24, 2.45) is 0 Å². The zero-order chi connectivity index (χ0) is 12.8. The molecule has 0 atom stereocenters. The van der Waals surface area contributed by atoms with E-state index < -0.39 is 0 Å². The second-order valence-corrected chi connectivity index (χ2v) is 5.14. The van der Waals surface area contributed by atoms with Crippen molar-refractivity contribution in [3.63, 3.8) is 0 Å². The van der Waals surface area contributed by atoms with Gasteiger partial charge in [-0.2, -0.15) is 0 Å². The van der Waals surface area contributed by atoms with Gasteiger partial charge in [0.2, 0.25) is 0 Å². The maximum atomic E-state index is 4.52. The molecule has 0 unspecified atom stereocenters. The first-order valence-corrected chi connectivity index (χ1v) is 6.37. The van der Waals surface area contributed by atoms with E-state index in [9.17, 15) is 0 Å². The van der Waals surface area contributed by atoms with E-state index >= 15 is 0 Å². The third kappa shape index (κ3) is 5.13. The number of aryl methyl sites for hydroxylation is 1. The highest BCUT2D eigenvalue weighted by atomic mass is 15.1. The molecule has 4 nitrogen and oxygen atoms in total. The SMILES string of the molecule is Cc1cc(NCCC[NH+](C)C)nc(C(C)C)n1. The summed E-state index contributed by atoms with van der Waals surface area (Å²) < 4.78 is 0. The van der Waals surface area contributed by atoms with Crippen LogP contribution in [0, 0.1) is 6.92 Å². The smallest absolute Gasteiger partial charge is 0.133 e. The first kappa shape index (κ1) is 13.9. The third-order valence-corrected chi connectivity index (χ3v) is 2.55. The van der Waals surface area contributed by atoms with E-state index in [1.165, 1.54) is 11.4 Å². The van der Waals surface area contributed by atoms with Gasteiger partial charge in [-0.1, -0.05) is 13.8 Å². The van der Waals surface area contributed by atoms with Gasteiger partial charge < -0.3 is 10.2 Å². The van der Waals surface area contributed by atoms with E-state index in [-0.39, 0.29) is 0 Å². The maximum absolute atomic E-state index is 4.52. The Morgan fingerprint density at radius 2 is 2.00 bits per heavy atom. The molecule has 1 rings (SSSR count). The molecular formula is C13H25N4+. The van der Waals surface area contributed by atoms with Crippen LogP contribution in [0.4, 0.5) is 5.82 Å². The number of quaternary nitrogens is 1. The van der Waals surface area contributed by atoms with Crippen LogP contribution < -0.4 is 10.2 Å². The van der Waals surface area contributed by atoms with Crippen molar-refractivity contribution in [2.45, 2.75) is 33.1 Å². The first-order chi connectivity index (χ1) is 7.99. The van der Waals surface area contributed by atoms with Gasteiger partial charge in [-0.15, -0.1) is 0 Å². The molecule has 1 aromatic heterocycles. The third-order valence-electron chi connectivity index (χ3n) is 2.55. The Hall–Kier alpha value is -1.16. The van der Waals surface area contributed by atoms with Gasteiger partial charge in [-0.25, -0.2) is 9.97 Å². The van der Waals surface area contributed by atoms with Crippen LogP contribution in [-0.2, 0) is 0 Å². The molecule has 0 aliphatic rings. The van der Waals surface area contributed by atoms with Crippen LogP contribution in [0.15, 0.2) is 6.07 Å². The lowest BCUT2D eigenvalue weighted by Gasteiger charge is -2.11. The fourth-order valence-corrected chi connectivity index (χ4v) is 1.60. The van der Waals surface area contributed by atoms with Crippen molar-refractivity contribution in [2.75, 3.05) is 32.5 Å². The van der Waals surface area contributed by atoms with Crippen molar-refractivity contribution in [3.8, 4) is 0 Å². The summed E-state index contributed by atoms with van der Waals surface area (Å²) in [5, 5.41) is 3.37. The molecule has 0 amide bonds. The topological polar surface area (TPSA) is 42.2 Å². The number of rotatable bonds is 6. The average molecular weight is 237 g/mol. The quantitative estimate of drug-likeness (QED) is 0.721. The number of anilines is 1. The molecule has 0 aromatic carbocycles. The summed E-state index contributed by atoms with van der Waals surface area (Å²) in [5.74, 6) is 2.25. The molecular weight excluding hydrogens is 212 g/mol.